The normalized spacial score (nSPS) is 15.0. The Morgan fingerprint density at radius 2 is 1.84 bits per heavy atom. The number of fused-ring (bicyclic) bond motifs is 1. The zero-order valence-electron chi connectivity index (χ0n) is 25.3. The van der Waals surface area contributed by atoms with Gasteiger partial charge in [0.25, 0.3) is 11.5 Å². The van der Waals surface area contributed by atoms with Crippen molar-refractivity contribution in [3.8, 4) is 0 Å². The Kier molecular flexibility index (Phi) is 13.4. The number of benzene rings is 1. The first kappa shape index (κ1) is 35.3. The van der Waals surface area contributed by atoms with Crippen molar-refractivity contribution in [2.45, 2.75) is 58.2 Å². The number of aromatic amines is 1. The first-order chi connectivity index (χ1) is 20.7. The third-order valence-electron chi connectivity index (χ3n) is 6.57. The molecule has 1 aliphatic rings. The zero-order chi connectivity index (χ0) is 33.0. The molecule has 0 saturated heterocycles. The molecule has 2 heterocycles. The molecule has 1 aliphatic heterocycles. The summed E-state index contributed by atoms with van der Waals surface area (Å²) in [5.41, 5.74) is 12.1. The lowest BCUT2D eigenvalue weighted by Gasteiger charge is -2.35. The standard InChI is InChI=1S/C20H25N7O6.C8H17NO2/c1-27-12(9-23-16-15(27)18(31)26-20(21)25-16)8-22-11-4-2-10(3-5-11)17(30)24-13(19(32)33)6-7-14(28)29;1-4-11-8(10)7(9)5-6(2)3/h2-5,12-13,22H,6-9H2,1H3,(H,24,30)(H,28,29)(H,32,33)(H4,21,23,25,26,31);6-7H,4-5,9H2,1-3H3/t12-,13?;/m0./s1. The summed E-state index contributed by atoms with van der Waals surface area (Å²) in [5, 5.41) is 26.6. The number of anilines is 4. The molecule has 16 heteroatoms. The second-order valence-electron chi connectivity index (χ2n) is 10.5. The minimum absolute atomic E-state index is 0.0388. The molecule has 3 atom stereocenters. The van der Waals surface area contributed by atoms with Crippen LogP contribution >= 0.6 is 0 Å². The van der Waals surface area contributed by atoms with Gasteiger partial charge in [-0.25, -0.2) is 4.79 Å². The van der Waals surface area contributed by atoms with Crippen molar-refractivity contribution in [1.82, 2.24) is 15.3 Å². The summed E-state index contributed by atoms with van der Waals surface area (Å²) in [4.78, 5) is 65.8. The van der Waals surface area contributed by atoms with Crippen molar-refractivity contribution >= 4 is 47.0 Å². The number of hydrogen-bond donors (Lipinski definition) is 8. The number of esters is 1. The predicted molar refractivity (Wildman–Crippen MR) is 165 cm³/mol. The molecule has 44 heavy (non-hydrogen) atoms. The number of nitrogens with one attached hydrogen (secondary N) is 4. The number of aliphatic carboxylic acids is 2. The fourth-order valence-corrected chi connectivity index (χ4v) is 4.27. The lowest BCUT2D eigenvalue weighted by molar-refractivity contribution is -0.145. The number of carboxylic acid groups (broad SMARTS) is 2. The van der Waals surface area contributed by atoms with Crippen molar-refractivity contribution in [2.24, 2.45) is 11.7 Å². The average Bonchev–Trinajstić information content (AvgIpc) is 2.94. The van der Waals surface area contributed by atoms with Crippen molar-refractivity contribution in [3.63, 3.8) is 0 Å². The van der Waals surface area contributed by atoms with Crippen LogP contribution in [0.25, 0.3) is 0 Å². The SMILES string of the molecule is CCOC(=O)C(N)CC(C)C.CN1c2c(nc(N)[nH]c2=O)NC[C@@H]1CNc1ccc(C(=O)NC(CCC(=O)O)C(=O)O)cc1. The van der Waals surface area contributed by atoms with E-state index in [4.69, 9.17) is 21.3 Å². The monoisotopic (exact) mass is 618 g/mol. The number of likely N-dealkylation sites (N-methyl/N-ethyl adjacent to an activating group) is 1. The highest BCUT2D eigenvalue weighted by Crippen LogP contribution is 2.25. The van der Waals surface area contributed by atoms with Crippen LogP contribution in [-0.4, -0.2) is 88.9 Å². The molecule has 1 aromatic heterocycles. The summed E-state index contributed by atoms with van der Waals surface area (Å²) in [5.74, 6) is -2.44. The number of carboxylic acids is 2. The average molecular weight is 619 g/mol. The minimum atomic E-state index is -1.30. The number of rotatable bonds is 13. The maximum absolute atomic E-state index is 12.3. The third kappa shape index (κ3) is 10.8. The van der Waals surface area contributed by atoms with E-state index in [0.29, 0.717) is 43.5 Å². The molecule has 2 unspecified atom stereocenters. The van der Waals surface area contributed by atoms with Gasteiger partial charge in [0.1, 0.15) is 17.8 Å². The minimum Gasteiger partial charge on any atom is -0.481 e. The van der Waals surface area contributed by atoms with Gasteiger partial charge in [0.15, 0.2) is 5.82 Å². The molecule has 0 bridgehead atoms. The predicted octanol–water partition coefficient (Wildman–Crippen LogP) is 0.665. The van der Waals surface area contributed by atoms with Crippen LogP contribution in [0.3, 0.4) is 0 Å². The number of hydrogen-bond acceptors (Lipinski definition) is 12. The summed E-state index contributed by atoms with van der Waals surface area (Å²) >= 11 is 0. The van der Waals surface area contributed by atoms with Crippen LogP contribution in [-0.2, 0) is 19.1 Å². The van der Waals surface area contributed by atoms with Crippen LogP contribution in [0.15, 0.2) is 29.1 Å². The van der Waals surface area contributed by atoms with E-state index in [1.165, 1.54) is 12.1 Å². The third-order valence-corrected chi connectivity index (χ3v) is 6.57. The Morgan fingerprint density at radius 1 is 1.18 bits per heavy atom. The number of nitrogens with zero attached hydrogens (tertiary/aromatic N) is 2. The summed E-state index contributed by atoms with van der Waals surface area (Å²) < 4.78 is 4.74. The number of H-pyrrole nitrogens is 1. The van der Waals surface area contributed by atoms with Crippen molar-refractivity contribution in [3.05, 3.63) is 40.2 Å². The first-order valence-electron chi connectivity index (χ1n) is 14.1. The zero-order valence-corrected chi connectivity index (χ0v) is 25.3. The topological polar surface area (TPSA) is 255 Å². The van der Waals surface area contributed by atoms with E-state index >= 15 is 0 Å². The quantitative estimate of drug-likeness (QED) is 0.144. The van der Waals surface area contributed by atoms with Gasteiger partial charge in [-0.1, -0.05) is 13.8 Å². The highest BCUT2D eigenvalue weighted by molar-refractivity contribution is 5.97. The number of amides is 1. The molecule has 16 nitrogen and oxygen atoms in total. The van der Waals surface area contributed by atoms with Crippen LogP contribution in [0.2, 0.25) is 0 Å². The summed E-state index contributed by atoms with van der Waals surface area (Å²) in [6.07, 6.45) is 0.107. The van der Waals surface area contributed by atoms with Gasteiger partial charge in [-0.2, -0.15) is 4.98 Å². The van der Waals surface area contributed by atoms with E-state index in [0.717, 1.165) is 5.69 Å². The van der Waals surface area contributed by atoms with Crippen molar-refractivity contribution < 1.29 is 34.1 Å². The number of nitrogens with two attached hydrogens (primary N) is 2. The Balaban J connectivity index is 0.000000523. The molecule has 0 spiro atoms. The van der Waals surface area contributed by atoms with Gasteiger partial charge in [0.2, 0.25) is 5.95 Å². The van der Waals surface area contributed by atoms with Gasteiger partial charge >= 0.3 is 17.9 Å². The molecular formula is C28H42N8O8. The van der Waals surface area contributed by atoms with Crippen LogP contribution < -0.4 is 37.9 Å². The molecule has 0 aliphatic carbocycles. The second kappa shape index (κ2) is 16.7. The smallest absolute Gasteiger partial charge is 0.326 e. The molecular weight excluding hydrogens is 576 g/mol. The molecule has 0 fully saturated rings. The largest absolute Gasteiger partial charge is 0.481 e. The molecule has 0 radical (unpaired) electrons. The lowest BCUT2D eigenvalue weighted by Crippen LogP contribution is -2.48. The van der Waals surface area contributed by atoms with Crippen LogP contribution in [0.5, 0.6) is 0 Å². The molecule has 1 amide bonds. The fraction of sp³-hybridized carbons (Fsp3) is 0.500. The second-order valence-corrected chi connectivity index (χ2v) is 10.5. The molecule has 3 rings (SSSR count). The lowest BCUT2D eigenvalue weighted by atomic mass is 10.1. The molecule has 1 aromatic carbocycles. The number of carbonyl (C=O) groups excluding carboxylic acids is 2. The Bertz CT molecular complexity index is 1350. The van der Waals surface area contributed by atoms with E-state index in [2.05, 4.69) is 25.9 Å². The molecule has 0 saturated carbocycles. The Labute approximate surface area is 254 Å². The van der Waals surface area contributed by atoms with E-state index in [1.807, 2.05) is 18.7 Å². The first-order valence-corrected chi connectivity index (χ1v) is 14.1. The maximum Gasteiger partial charge on any atom is 0.326 e. The maximum atomic E-state index is 12.3. The Morgan fingerprint density at radius 3 is 2.41 bits per heavy atom. The van der Waals surface area contributed by atoms with Gasteiger partial charge in [-0.15, -0.1) is 0 Å². The number of ether oxygens (including phenoxy) is 1. The fourth-order valence-electron chi connectivity index (χ4n) is 4.27. The van der Waals surface area contributed by atoms with Gasteiger partial charge in [0, 0.05) is 37.8 Å². The van der Waals surface area contributed by atoms with Crippen LogP contribution in [0.1, 0.15) is 50.4 Å². The van der Waals surface area contributed by atoms with Crippen molar-refractivity contribution in [1.29, 1.82) is 0 Å². The highest BCUT2D eigenvalue weighted by atomic mass is 16.5. The van der Waals surface area contributed by atoms with E-state index < -0.39 is 29.9 Å². The van der Waals surface area contributed by atoms with Crippen LogP contribution in [0, 0.1) is 5.92 Å². The number of nitrogen functional groups attached to an aromatic ring is 1. The molecule has 2 aromatic rings. The van der Waals surface area contributed by atoms with E-state index in [-0.39, 0.29) is 41.9 Å². The summed E-state index contributed by atoms with van der Waals surface area (Å²) in [7, 11) is 1.79. The van der Waals surface area contributed by atoms with Crippen LogP contribution in [0.4, 0.5) is 23.1 Å². The number of aromatic nitrogens is 2. The van der Waals surface area contributed by atoms with Gasteiger partial charge in [0.05, 0.1) is 12.6 Å². The van der Waals surface area contributed by atoms with E-state index in [1.54, 1.807) is 26.1 Å². The van der Waals surface area contributed by atoms with Gasteiger partial charge < -0.3 is 47.3 Å². The number of carbonyl (C=O) groups is 4. The van der Waals surface area contributed by atoms with Gasteiger partial charge in [-0.05, 0) is 49.9 Å². The molecule has 10 N–H and O–H groups in total. The molecule has 242 valence electrons. The summed E-state index contributed by atoms with van der Waals surface area (Å²) in [6.45, 7) is 7.25. The summed E-state index contributed by atoms with van der Waals surface area (Å²) in [6, 6.07) is 4.58. The highest BCUT2D eigenvalue weighted by Gasteiger charge is 2.27. The Hall–Kier alpha value is -4.86. The van der Waals surface area contributed by atoms with Crippen molar-refractivity contribution in [2.75, 3.05) is 48.0 Å². The van der Waals surface area contributed by atoms with E-state index in [9.17, 15) is 29.1 Å². The van der Waals surface area contributed by atoms with Gasteiger partial charge in [-0.3, -0.25) is 24.2 Å².